The van der Waals surface area contributed by atoms with Crippen LogP contribution in [0.5, 0.6) is 0 Å². The van der Waals surface area contributed by atoms with Crippen molar-refractivity contribution in [2.75, 3.05) is 11.9 Å². The molecule has 1 aromatic carbocycles. The quantitative estimate of drug-likeness (QED) is 0.879. The predicted molar refractivity (Wildman–Crippen MR) is 84.1 cm³/mol. The Kier molecular flexibility index (Phi) is 5.12. The van der Waals surface area contributed by atoms with E-state index in [1.54, 1.807) is 6.07 Å². The number of aryl methyl sites for hydroxylation is 2. The highest BCUT2D eigenvalue weighted by molar-refractivity contribution is 6.30. The molecule has 0 aliphatic rings. The summed E-state index contributed by atoms with van der Waals surface area (Å²) in [5.41, 5.74) is 2.80. The van der Waals surface area contributed by atoms with Crippen LogP contribution in [0, 0.1) is 13.8 Å². The fourth-order valence-corrected chi connectivity index (χ4v) is 2.13. The monoisotopic (exact) mass is 318 g/mol. The number of hydrogen-bond acceptors (Lipinski definition) is 4. The fraction of sp³-hybridized carbons (Fsp3) is 0.188. The third-order valence-electron chi connectivity index (χ3n) is 2.77. The van der Waals surface area contributed by atoms with Crippen molar-refractivity contribution in [2.45, 2.75) is 13.8 Å². The lowest BCUT2D eigenvalue weighted by Crippen LogP contribution is -2.21. The fourth-order valence-electron chi connectivity index (χ4n) is 1.97. The molecule has 0 saturated heterocycles. The Bertz CT molecular complexity index is 696. The van der Waals surface area contributed by atoms with E-state index in [2.05, 4.69) is 10.3 Å². The van der Waals surface area contributed by atoms with Crippen LogP contribution in [0.25, 0.3) is 0 Å². The molecule has 0 unspecified atom stereocenters. The number of halogens is 1. The maximum absolute atomic E-state index is 11.8. The zero-order valence-electron chi connectivity index (χ0n) is 12.2. The van der Waals surface area contributed by atoms with Crippen LogP contribution in [0.1, 0.15) is 21.6 Å². The molecule has 0 radical (unpaired) electrons. The first-order chi connectivity index (χ1) is 10.4. The molecule has 22 heavy (non-hydrogen) atoms. The van der Waals surface area contributed by atoms with E-state index in [0.717, 1.165) is 11.1 Å². The number of amides is 1. The number of nitrogens with zero attached hydrogens (tertiary/aromatic N) is 1. The highest BCUT2D eigenvalue weighted by atomic mass is 35.5. The number of hydrogen-bond donors (Lipinski definition) is 1. The molecule has 0 spiro atoms. The summed E-state index contributed by atoms with van der Waals surface area (Å²) in [4.78, 5) is 27.4. The highest BCUT2D eigenvalue weighted by Crippen LogP contribution is 2.13. The standard InChI is InChI=1S/C16H15ClN2O3/c1-10-5-11(2)7-13(6-10)19-15(20)9-22-16(21)14-8-12(17)3-4-18-14/h3-8H,9H2,1-2H3,(H,19,20). The molecule has 0 bridgehead atoms. The zero-order valence-corrected chi connectivity index (χ0v) is 13.0. The third kappa shape index (κ3) is 4.56. The van der Waals surface area contributed by atoms with Gasteiger partial charge in [0, 0.05) is 16.9 Å². The molecular formula is C16H15ClN2O3. The van der Waals surface area contributed by atoms with Gasteiger partial charge in [0.2, 0.25) is 0 Å². The van der Waals surface area contributed by atoms with Crippen molar-refractivity contribution >= 4 is 29.2 Å². The van der Waals surface area contributed by atoms with Crippen molar-refractivity contribution in [1.29, 1.82) is 0 Å². The van der Waals surface area contributed by atoms with E-state index in [9.17, 15) is 9.59 Å². The van der Waals surface area contributed by atoms with Crippen molar-refractivity contribution in [3.8, 4) is 0 Å². The van der Waals surface area contributed by atoms with Gasteiger partial charge in [-0.3, -0.25) is 4.79 Å². The minimum absolute atomic E-state index is 0.0618. The summed E-state index contributed by atoms with van der Waals surface area (Å²) >= 11 is 5.76. The number of ether oxygens (including phenoxy) is 1. The summed E-state index contributed by atoms with van der Waals surface area (Å²) in [7, 11) is 0. The summed E-state index contributed by atoms with van der Waals surface area (Å²) in [6.45, 7) is 3.49. The summed E-state index contributed by atoms with van der Waals surface area (Å²) < 4.78 is 4.91. The summed E-state index contributed by atoms with van der Waals surface area (Å²) in [5, 5.41) is 3.06. The number of aromatic nitrogens is 1. The Morgan fingerprint density at radius 3 is 2.50 bits per heavy atom. The van der Waals surface area contributed by atoms with Gasteiger partial charge in [-0.25, -0.2) is 9.78 Å². The van der Waals surface area contributed by atoms with Crippen LogP contribution in [0.3, 0.4) is 0 Å². The molecule has 1 N–H and O–H groups in total. The van der Waals surface area contributed by atoms with Gasteiger partial charge in [-0.2, -0.15) is 0 Å². The lowest BCUT2D eigenvalue weighted by molar-refractivity contribution is -0.119. The molecule has 0 fully saturated rings. The number of benzene rings is 1. The van der Waals surface area contributed by atoms with Gasteiger partial charge in [0.1, 0.15) is 5.69 Å². The molecule has 114 valence electrons. The van der Waals surface area contributed by atoms with Crippen LogP contribution in [-0.4, -0.2) is 23.5 Å². The van der Waals surface area contributed by atoms with E-state index < -0.39 is 11.9 Å². The molecule has 0 aliphatic heterocycles. The average molecular weight is 319 g/mol. The highest BCUT2D eigenvalue weighted by Gasteiger charge is 2.12. The van der Waals surface area contributed by atoms with Crippen LogP contribution >= 0.6 is 11.6 Å². The molecule has 1 aromatic heterocycles. The predicted octanol–water partition coefficient (Wildman–Crippen LogP) is 3.15. The van der Waals surface area contributed by atoms with Gasteiger partial charge in [0.05, 0.1) is 0 Å². The molecule has 2 rings (SSSR count). The number of carbonyl (C=O) groups excluding carboxylic acids is 2. The van der Waals surface area contributed by atoms with Gasteiger partial charge >= 0.3 is 5.97 Å². The molecular weight excluding hydrogens is 304 g/mol. The molecule has 0 aliphatic carbocycles. The number of anilines is 1. The van der Waals surface area contributed by atoms with E-state index in [1.807, 2.05) is 32.0 Å². The van der Waals surface area contributed by atoms with Crippen LogP contribution in [0.4, 0.5) is 5.69 Å². The summed E-state index contributed by atoms with van der Waals surface area (Å²) in [6.07, 6.45) is 1.40. The lowest BCUT2D eigenvalue weighted by Gasteiger charge is -2.08. The number of pyridine rings is 1. The van der Waals surface area contributed by atoms with Crippen molar-refractivity contribution in [3.63, 3.8) is 0 Å². The summed E-state index contributed by atoms with van der Waals surface area (Å²) in [6, 6.07) is 8.60. The van der Waals surface area contributed by atoms with Crippen LogP contribution in [-0.2, 0) is 9.53 Å². The van der Waals surface area contributed by atoms with E-state index in [0.29, 0.717) is 10.7 Å². The van der Waals surface area contributed by atoms with Gasteiger partial charge in [-0.05, 0) is 49.2 Å². The maximum Gasteiger partial charge on any atom is 0.357 e. The van der Waals surface area contributed by atoms with E-state index in [1.165, 1.54) is 12.3 Å². The van der Waals surface area contributed by atoms with Crippen molar-refractivity contribution < 1.29 is 14.3 Å². The van der Waals surface area contributed by atoms with Gasteiger partial charge in [0.15, 0.2) is 6.61 Å². The minimum Gasteiger partial charge on any atom is -0.451 e. The molecule has 1 amide bonds. The first-order valence-corrected chi connectivity index (χ1v) is 6.98. The number of esters is 1. The molecule has 1 heterocycles. The van der Waals surface area contributed by atoms with Gasteiger partial charge in [-0.1, -0.05) is 17.7 Å². The van der Waals surface area contributed by atoms with Crippen molar-refractivity contribution in [3.05, 3.63) is 58.4 Å². The van der Waals surface area contributed by atoms with Crippen LogP contribution in [0.15, 0.2) is 36.5 Å². The Labute approximate surface area is 133 Å². The second kappa shape index (κ2) is 7.04. The van der Waals surface area contributed by atoms with Crippen LogP contribution < -0.4 is 5.32 Å². The van der Waals surface area contributed by atoms with E-state index in [-0.39, 0.29) is 12.3 Å². The second-order valence-corrected chi connectivity index (χ2v) is 5.30. The first kappa shape index (κ1) is 16.0. The van der Waals surface area contributed by atoms with Gasteiger partial charge in [0.25, 0.3) is 5.91 Å². The van der Waals surface area contributed by atoms with E-state index >= 15 is 0 Å². The van der Waals surface area contributed by atoms with Gasteiger partial charge in [-0.15, -0.1) is 0 Å². The van der Waals surface area contributed by atoms with Crippen molar-refractivity contribution in [1.82, 2.24) is 4.98 Å². The normalized spacial score (nSPS) is 10.1. The number of rotatable bonds is 4. The first-order valence-electron chi connectivity index (χ1n) is 6.61. The Hall–Kier alpha value is -2.40. The largest absolute Gasteiger partial charge is 0.451 e. The number of carbonyl (C=O) groups is 2. The smallest absolute Gasteiger partial charge is 0.357 e. The number of nitrogens with one attached hydrogen (secondary N) is 1. The maximum atomic E-state index is 11.8. The Morgan fingerprint density at radius 1 is 1.18 bits per heavy atom. The zero-order chi connectivity index (χ0) is 16.1. The molecule has 2 aromatic rings. The average Bonchev–Trinajstić information content (AvgIpc) is 2.43. The van der Waals surface area contributed by atoms with Crippen molar-refractivity contribution in [2.24, 2.45) is 0 Å². The third-order valence-corrected chi connectivity index (χ3v) is 3.01. The molecule has 6 heteroatoms. The van der Waals surface area contributed by atoms with E-state index in [4.69, 9.17) is 16.3 Å². The molecule has 0 atom stereocenters. The Balaban J connectivity index is 1.91. The molecule has 0 saturated carbocycles. The second-order valence-electron chi connectivity index (χ2n) is 4.86. The minimum atomic E-state index is -0.696. The topological polar surface area (TPSA) is 68.3 Å². The molecule has 5 nitrogen and oxygen atoms in total. The summed E-state index contributed by atoms with van der Waals surface area (Å²) in [5.74, 6) is -1.11. The van der Waals surface area contributed by atoms with Gasteiger partial charge < -0.3 is 10.1 Å². The Morgan fingerprint density at radius 2 is 1.86 bits per heavy atom. The SMILES string of the molecule is Cc1cc(C)cc(NC(=O)COC(=O)c2cc(Cl)ccn2)c1. The lowest BCUT2D eigenvalue weighted by atomic mass is 10.1. The van der Waals surface area contributed by atoms with Crippen LogP contribution in [0.2, 0.25) is 5.02 Å².